The third kappa shape index (κ3) is 6.12. The zero-order valence-electron chi connectivity index (χ0n) is 16.3. The van der Waals surface area contributed by atoms with Crippen LogP contribution in [-0.2, 0) is 31.6 Å². The number of nitrogens with zero attached hydrogens (tertiary/aromatic N) is 4. The Morgan fingerprint density at radius 3 is 2.39 bits per heavy atom. The number of anilines is 2. The van der Waals surface area contributed by atoms with E-state index in [1.165, 1.54) is 10.9 Å². The SMILES string of the molecule is CNc1nc(N)nc2c1ncn2[C@@H]1O[C@H](COP(=O)(O)OP(=O)(O)OP(=O)(O)O)[C@H](O)C1O. The molecule has 0 amide bonds. The number of aromatic nitrogens is 4. The van der Waals surface area contributed by atoms with Crippen LogP contribution in [0.5, 0.6) is 0 Å². The molecule has 19 nitrogen and oxygen atoms in total. The van der Waals surface area contributed by atoms with E-state index in [1.54, 1.807) is 7.05 Å². The number of nitrogens with one attached hydrogen (secondary N) is 1. The molecule has 6 atom stereocenters. The van der Waals surface area contributed by atoms with E-state index >= 15 is 0 Å². The first kappa shape index (κ1) is 26.1. The van der Waals surface area contributed by atoms with Crippen LogP contribution >= 0.6 is 23.5 Å². The van der Waals surface area contributed by atoms with E-state index in [4.69, 9.17) is 25.2 Å². The smallest absolute Gasteiger partial charge is 0.387 e. The van der Waals surface area contributed by atoms with Crippen molar-refractivity contribution in [2.75, 3.05) is 24.7 Å². The van der Waals surface area contributed by atoms with E-state index in [0.29, 0.717) is 0 Å². The molecule has 1 aliphatic rings. The number of fused-ring (bicyclic) bond motifs is 1. The third-order valence-electron chi connectivity index (χ3n) is 4.10. The van der Waals surface area contributed by atoms with Gasteiger partial charge in [0, 0.05) is 7.05 Å². The number of phosphoric acid groups is 3. The van der Waals surface area contributed by atoms with Crippen LogP contribution in [0.2, 0.25) is 0 Å². The fraction of sp³-hybridized carbons (Fsp3) is 0.545. The van der Waals surface area contributed by atoms with Crippen LogP contribution in [-0.4, -0.2) is 81.3 Å². The van der Waals surface area contributed by atoms with E-state index in [9.17, 15) is 28.8 Å². The van der Waals surface area contributed by atoms with Crippen molar-refractivity contribution in [2.24, 2.45) is 0 Å². The number of nitrogen functional groups attached to an aromatic ring is 1. The van der Waals surface area contributed by atoms with Crippen molar-refractivity contribution >= 4 is 46.4 Å². The standard InChI is InChI=1S/C11H19N6O13P3/c1-13-8-5-9(16-11(12)15-8)17(3-14-5)10-7(19)6(18)4(28-10)2-27-32(23,24)30-33(25,26)29-31(20,21)22/h3-4,6-7,10,18-19H,2H2,1H3,(H,23,24)(H,25,26)(H2,20,21,22)(H3,12,13,15,16)/t4-,6+,7?,10-/m1/s1. The summed E-state index contributed by atoms with van der Waals surface area (Å²) >= 11 is 0. The molecule has 3 heterocycles. The number of hydrogen-bond acceptors (Lipinski definition) is 14. The van der Waals surface area contributed by atoms with Gasteiger partial charge in [0.05, 0.1) is 12.9 Å². The minimum atomic E-state index is -5.71. The van der Waals surface area contributed by atoms with Gasteiger partial charge < -0.3 is 45.6 Å². The molecule has 0 bridgehead atoms. The molecule has 1 aliphatic heterocycles. The van der Waals surface area contributed by atoms with Gasteiger partial charge in [0.15, 0.2) is 23.2 Å². The summed E-state index contributed by atoms with van der Waals surface area (Å²) in [6, 6.07) is 0. The second-order valence-corrected chi connectivity index (χ2v) is 10.9. The van der Waals surface area contributed by atoms with Gasteiger partial charge in [0.1, 0.15) is 18.3 Å². The van der Waals surface area contributed by atoms with Gasteiger partial charge >= 0.3 is 23.5 Å². The molecular weight excluding hydrogens is 517 g/mol. The molecule has 2 aromatic heterocycles. The number of phosphoric ester groups is 1. The van der Waals surface area contributed by atoms with Crippen molar-refractivity contribution in [3.05, 3.63) is 6.33 Å². The summed E-state index contributed by atoms with van der Waals surface area (Å²) in [6.07, 6.45) is -4.90. The van der Waals surface area contributed by atoms with Gasteiger partial charge in [0.2, 0.25) is 5.95 Å². The summed E-state index contributed by atoms with van der Waals surface area (Å²) in [5.74, 6) is 0.138. The summed E-state index contributed by atoms with van der Waals surface area (Å²) in [4.78, 5) is 47.8. The number of rotatable bonds is 9. The predicted octanol–water partition coefficient (Wildman–Crippen LogP) is -1.59. The fourth-order valence-corrected chi connectivity index (χ4v) is 5.89. The maximum atomic E-state index is 11.8. The normalized spacial score (nSPS) is 27.4. The lowest BCUT2D eigenvalue weighted by atomic mass is 10.1. The average Bonchev–Trinajstić information content (AvgIpc) is 3.18. The molecule has 0 radical (unpaired) electrons. The van der Waals surface area contributed by atoms with E-state index in [-0.39, 0.29) is 22.9 Å². The van der Waals surface area contributed by atoms with Crippen LogP contribution in [0.3, 0.4) is 0 Å². The summed E-state index contributed by atoms with van der Waals surface area (Å²) < 4.78 is 52.1. The van der Waals surface area contributed by atoms with Gasteiger partial charge in [-0.2, -0.15) is 18.6 Å². The first-order valence-electron chi connectivity index (χ1n) is 8.60. The molecule has 0 aliphatic carbocycles. The zero-order valence-corrected chi connectivity index (χ0v) is 19.0. The van der Waals surface area contributed by atoms with Crippen molar-refractivity contribution in [2.45, 2.75) is 24.5 Å². The molecule has 186 valence electrons. The Kier molecular flexibility index (Phi) is 7.29. The molecule has 9 N–H and O–H groups in total. The molecule has 3 unspecified atom stereocenters. The van der Waals surface area contributed by atoms with Crippen LogP contribution in [0.25, 0.3) is 11.2 Å². The highest BCUT2D eigenvalue weighted by molar-refractivity contribution is 7.66. The number of ether oxygens (including phenoxy) is 1. The molecule has 33 heavy (non-hydrogen) atoms. The van der Waals surface area contributed by atoms with Gasteiger partial charge in [0.25, 0.3) is 0 Å². The number of nitrogens with two attached hydrogens (primary N) is 1. The topological polar surface area (TPSA) is 291 Å². The van der Waals surface area contributed by atoms with E-state index in [0.717, 1.165) is 0 Å². The first-order chi connectivity index (χ1) is 15.1. The van der Waals surface area contributed by atoms with E-state index < -0.39 is 54.6 Å². The van der Waals surface area contributed by atoms with Crippen LogP contribution in [0.4, 0.5) is 11.8 Å². The average molecular weight is 536 g/mol. The monoisotopic (exact) mass is 536 g/mol. The molecule has 22 heteroatoms. The Labute approximate surface area is 183 Å². The second-order valence-electron chi connectivity index (χ2n) is 6.44. The lowest BCUT2D eigenvalue weighted by Gasteiger charge is -2.19. The Balaban J connectivity index is 1.73. The maximum absolute atomic E-state index is 11.8. The molecule has 1 fully saturated rings. The minimum Gasteiger partial charge on any atom is -0.387 e. The lowest BCUT2D eigenvalue weighted by molar-refractivity contribution is -0.0503. The molecule has 0 saturated carbocycles. The first-order valence-corrected chi connectivity index (χ1v) is 13.1. The van der Waals surface area contributed by atoms with Crippen LogP contribution in [0.15, 0.2) is 6.33 Å². The van der Waals surface area contributed by atoms with Crippen molar-refractivity contribution in [3.8, 4) is 0 Å². The van der Waals surface area contributed by atoms with Crippen LogP contribution in [0.1, 0.15) is 6.23 Å². The highest BCUT2D eigenvalue weighted by Crippen LogP contribution is 2.66. The van der Waals surface area contributed by atoms with Gasteiger partial charge in [-0.15, -0.1) is 0 Å². The summed E-state index contributed by atoms with van der Waals surface area (Å²) in [5.41, 5.74) is 6.03. The molecule has 3 rings (SSSR count). The lowest BCUT2D eigenvalue weighted by Crippen LogP contribution is -2.33. The Hall–Kier alpha value is -1.56. The Morgan fingerprint density at radius 2 is 1.79 bits per heavy atom. The zero-order chi connectivity index (χ0) is 24.8. The Morgan fingerprint density at radius 1 is 1.12 bits per heavy atom. The van der Waals surface area contributed by atoms with Crippen LogP contribution < -0.4 is 11.1 Å². The van der Waals surface area contributed by atoms with Gasteiger partial charge in [-0.25, -0.2) is 18.7 Å². The summed E-state index contributed by atoms with van der Waals surface area (Å²) in [6.45, 7) is -0.968. The third-order valence-corrected chi connectivity index (χ3v) is 7.91. The van der Waals surface area contributed by atoms with E-state index in [2.05, 4.69) is 33.4 Å². The van der Waals surface area contributed by atoms with Crippen molar-refractivity contribution < 1.29 is 61.4 Å². The second kappa shape index (κ2) is 9.24. The summed E-state index contributed by atoms with van der Waals surface area (Å²) in [7, 11) is -15.2. The Bertz CT molecular complexity index is 1170. The highest BCUT2D eigenvalue weighted by Gasteiger charge is 2.47. The van der Waals surface area contributed by atoms with Crippen LogP contribution in [0, 0.1) is 0 Å². The van der Waals surface area contributed by atoms with Gasteiger partial charge in [-0.05, 0) is 0 Å². The number of aliphatic hydroxyl groups excluding tert-OH is 2. The quantitative estimate of drug-likeness (QED) is 0.168. The summed E-state index contributed by atoms with van der Waals surface area (Å²) in [5, 5.41) is 23.4. The highest BCUT2D eigenvalue weighted by atomic mass is 31.3. The van der Waals surface area contributed by atoms with Gasteiger partial charge in [-0.3, -0.25) is 9.09 Å². The maximum Gasteiger partial charge on any atom is 0.490 e. The molecular formula is C11H19N6O13P3. The van der Waals surface area contributed by atoms with Crippen molar-refractivity contribution in [1.82, 2.24) is 19.5 Å². The minimum absolute atomic E-state index is 0.122. The number of aliphatic hydroxyl groups is 2. The molecule has 2 aromatic rings. The van der Waals surface area contributed by atoms with Crippen molar-refractivity contribution in [1.29, 1.82) is 0 Å². The van der Waals surface area contributed by atoms with Gasteiger partial charge in [-0.1, -0.05) is 0 Å². The predicted molar refractivity (Wildman–Crippen MR) is 105 cm³/mol. The largest absolute Gasteiger partial charge is 0.490 e. The molecule has 1 saturated heterocycles. The molecule has 0 aromatic carbocycles. The number of hydrogen-bond donors (Lipinski definition) is 8. The van der Waals surface area contributed by atoms with E-state index in [1.807, 2.05) is 0 Å². The fourth-order valence-electron chi connectivity index (χ4n) is 2.86. The number of imidazole rings is 1. The van der Waals surface area contributed by atoms with Crippen molar-refractivity contribution in [3.63, 3.8) is 0 Å². The molecule has 0 spiro atoms.